The molecule has 2 aromatic rings. The van der Waals surface area contributed by atoms with E-state index in [-0.39, 0.29) is 11.2 Å². The molecule has 1 aromatic heterocycles. The molecule has 0 unspecified atom stereocenters. The highest BCUT2D eigenvalue weighted by Gasteiger charge is 2.43. The Balaban J connectivity index is 2.02. The molecule has 0 bridgehead atoms. The van der Waals surface area contributed by atoms with Crippen LogP contribution < -0.4 is 5.32 Å². The summed E-state index contributed by atoms with van der Waals surface area (Å²) in [4.78, 5) is 17.1. The fourth-order valence-corrected chi connectivity index (χ4v) is 3.71. The molecule has 1 N–H and O–H groups in total. The monoisotopic (exact) mass is 267 g/mol. The number of Topliss-reactive ketones (excluding diaryl/α,β-unsaturated/α-hetero) is 1. The van der Waals surface area contributed by atoms with Crippen molar-refractivity contribution in [2.75, 3.05) is 13.1 Å². The van der Waals surface area contributed by atoms with Crippen molar-refractivity contribution in [2.45, 2.75) is 24.8 Å². The summed E-state index contributed by atoms with van der Waals surface area (Å²) in [6, 6.07) is 8.07. The number of rotatable bonds is 0. The summed E-state index contributed by atoms with van der Waals surface area (Å²) in [5, 5.41) is 3.42. The van der Waals surface area contributed by atoms with Gasteiger partial charge >= 0.3 is 0 Å². The molecule has 4 rings (SSSR count). The Hall–Kier alpha value is -1.94. The normalized spacial score (nSPS) is 20.3. The maximum Gasteiger partial charge on any atom is 0.182 e. The van der Waals surface area contributed by atoms with E-state index in [2.05, 4.69) is 16.4 Å². The molecule has 1 saturated heterocycles. The zero-order chi connectivity index (χ0) is 13.6. The molecule has 0 aliphatic carbocycles. The van der Waals surface area contributed by atoms with Gasteiger partial charge in [0, 0.05) is 18.0 Å². The van der Waals surface area contributed by atoms with Gasteiger partial charge in [-0.2, -0.15) is 0 Å². The largest absolute Gasteiger partial charge is 0.326 e. The Kier molecular flexibility index (Phi) is 2.54. The van der Waals surface area contributed by atoms with Crippen LogP contribution in [0.15, 0.2) is 36.7 Å². The Morgan fingerprint density at radius 1 is 1.20 bits per heavy atom. The van der Waals surface area contributed by atoms with Crippen molar-refractivity contribution in [1.29, 1.82) is 0 Å². The van der Waals surface area contributed by atoms with Crippen molar-refractivity contribution in [1.82, 2.24) is 14.9 Å². The Morgan fingerprint density at radius 2 is 2.00 bits per heavy atom. The van der Waals surface area contributed by atoms with Crippen molar-refractivity contribution >= 4 is 5.78 Å². The molecule has 1 aromatic carbocycles. The second-order valence-corrected chi connectivity index (χ2v) is 5.68. The lowest BCUT2D eigenvalue weighted by molar-refractivity contribution is 0.0973. The number of benzene rings is 1. The van der Waals surface area contributed by atoms with Crippen molar-refractivity contribution in [3.63, 3.8) is 0 Å². The van der Waals surface area contributed by atoms with Crippen LogP contribution in [0.25, 0.3) is 0 Å². The van der Waals surface area contributed by atoms with Crippen molar-refractivity contribution in [3.05, 3.63) is 53.6 Å². The van der Waals surface area contributed by atoms with Crippen LogP contribution in [0.3, 0.4) is 0 Å². The van der Waals surface area contributed by atoms with Gasteiger partial charge in [0.1, 0.15) is 5.82 Å². The van der Waals surface area contributed by atoms with Crippen LogP contribution in [-0.4, -0.2) is 28.4 Å². The van der Waals surface area contributed by atoms with Gasteiger partial charge in [-0.1, -0.05) is 24.3 Å². The van der Waals surface area contributed by atoms with E-state index in [1.165, 1.54) is 0 Å². The molecule has 1 fully saturated rings. The third-order valence-electron chi connectivity index (χ3n) is 4.66. The zero-order valence-electron chi connectivity index (χ0n) is 11.3. The van der Waals surface area contributed by atoms with Crippen LogP contribution in [-0.2, 0) is 12.0 Å². The first kappa shape index (κ1) is 11.9. The molecular formula is C16H17N3O. The van der Waals surface area contributed by atoms with E-state index in [0.717, 1.165) is 42.9 Å². The lowest BCUT2D eigenvalue weighted by Crippen LogP contribution is -2.42. The highest BCUT2D eigenvalue weighted by atomic mass is 16.1. The van der Waals surface area contributed by atoms with Gasteiger partial charge in [0.05, 0.1) is 12.0 Å². The zero-order valence-corrected chi connectivity index (χ0v) is 11.3. The molecule has 102 valence electrons. The van der Waals surface area contributed by atoms with Crippen molar-refractivity contribution < 1.29 is 4.79 Å². The number of fused-ring (bicyclic) bond motifs is 4. The van der Waals surface area contributed by atoms with Crippen LogP contribution in [0, 0.1) is 0 Å². The van der Waals surface area contributed by atoms with Gasteiger partial charge in [-0.05, 0) is 31.5 Å². The quantitative estimate of drug-likeness (QED) is 0.791. The van der Waals surface area contributed by atoms with E-state index in [1.807, 2.05) is 35.2 Å². The first-order valence-corrected chi connectivity index (χ1v) is 7.16. The van der Waals surface area contributed by atoms with E-state index in [0.29, 0.717) is 6.54 Å². The molecule has 2 aliphatic heterocycles. The number of hydrogen-bond acceptors (Lipinski definition) is 3. The van der Waals surface area contributed by atoms with Crippen LogP contribution in [0.5, 0.6) is 0 Å². The van der Waals surface area contributed by atoms with Crippen molar-refractivity contribution in [2.24, 2.45) is 0 Å². The summed E-state index contributed by atoms with van der Waals surface area (Å²) in [6.45, 7) is 2.34. The summed E-state index contributed by atoms with van der Waals surface area (Å²) >= 11 is 0. The molecule has 2 aliphatic rings. The minimum Gasteiger partial charge on any atom is -0.326 e. The molecule has 0 atom stereocenters. The van der Waals surface area contributed by atoms with E-state index in [1.54, 1.807) is 0 Å². The van der Waals surface area contributed by atoms with Crippen LogP contribution in [0.4, 0.5) is 0 Å². The van der Waals surface area contributed by atoms with Gasteiger partial charge < -0.3 is 9.88 Å². The van der Waals surface area contributed by atoms with Crippen molar-refractivity contribution in [3.8, 4) is 0 Å². The number of hydrogen-bond donors (Lipinski definition) is 1. The summed E-state index contributed by atoms with van der Waals surface area (Å²) in [7, 11) is 0. The number of nitrogens with one attached hydrogen (secondary N) is 1. The second kappa shape index (κ2) is 4.28. The molecular weight excluding hydrogens is 250 g/mol. The number of imidazole rings is 1. The number of ketones is 1. The molecule has 0 radical (unpaired) electrons. The smallest absolute Gasteiger partial charge is 0.182 e. The Bertz CT molecular complexity index is 668. The average molecular weight is 267 g/mol. The standard InChI is InChI=1S/C16H17N3O/c20-14-11-19-10-9-18-15(19)16(5-7-17-8-6-16)13-4-2-1-3-12(13)14/h1-4,9-10,17H,5-8,11H2. The minimum atomic E-state index is -0.114. The summed E-state index contributed by atoms with van der Waals surface area (Å²) in [5.74, 6) is 1.24. The SMILES string of the molecule is O=C1Cn2ccnc2C2(CCNCC2)c2ccccc21. The fourth-order valence-electron chi connectivity index (χ4n) is 3.71. The van der Waals surface area contributed by atoms with Gasteiger partial charge in [0.25, 0.3) is 0 Å². The van der Waals surface area contributed by atoms with E-state index < -0.39 is 0 Å². The summed E-state index contributed by atoms with van der Waals surface area (Å²) in [5.41, 5.74) is 1.92. The van der Waals surface area contributed by atoms with E-state index in [9.17, 15) is 4.79 Å². The number of nitrogens with zero attached hydrogens (tertiary/aromatic N) is 2. The average Bonchev–Trinajstić information content (AvgIpc) is 2.93. The third kappa shape index (κ3) is 1.51. The number of carbonyl (C=O) groups is 1. The van der Waals surface area contributed by atoms with Crippen LogP contribution in [0.1, 0.15) is 34.6 Å². The summed E-state index contributed by atoms with van der Waals surface area (Å²) in [6.07, 6.45) is 5.74. The molecule has 0 saturated carbocycles. The maximum absolute atomic E-state index is 12.5. The molecule has 3 heterocycles. The van der Waals surface area contributed by atoms with Crippen LogP contribution >= 0.6 is 0 Å². The number of aromatic nitrogens is 2. The maximum atomic E-state index is 12.5. The van der Waals surface area contributed by atoms with E-state index >= 15 is 0 Å². The molecule has 20 heavy (non-hydrogen) atoms. The Morgan fingerprint density at radius 3 is 2.85 bits per heavy atom. The van der Waals surface area contributed by atoms with E-state index in [4.69, 9.17) is 0 Å². The number of carbonyl (C=O) groups excluding carboxylic acids is 1. The first-order chi connectivity index (χ1) is 9.81. The molecule has 1 spiro atoms. The minimum absolute atomic E-state index is 0.114. The summed E-state index contributed by atoms with van der Waals surface area (Å²) < 4.78 is 2.04. The second-order valence-electron chi connectivity index (χ2n) is 5.68. The van der Waals surface area contributed by atoms with Gasteiger partial charge in [0.15, 0.2) is 5.78 Å². The van der Waals surface area contributed by atoms with Crippen LogP contribution in [0.2, 0.25) is 0 Å². The van der Waals surface area contributed by atoms with Gasteiger partial charge in [-0.25, -0.2) is 4.98 Å². The topological polar surface area (TPSA) is 46.9 Å². The van der Waals surface area contributed by atoms with Gasteiger partial charge in [-0.15, -0.1) is 0 Å². The molecule has 4 heteroatoms. The highest BCUT2D eigenvalue weighted by Crippen LogP contribution is 2.42. The highest BCUT2D eigenvalue weighted by molar-refractivity contribution is 5.98. The Labute approximate surface area is 117 Å². The lowest BCUT2D eigenvalue weighted by Gasteiger charge is -2.37. The lowest BCUT2D eigenvalue weighted by atomic mass is 9.71. The van der Waals surface area contributed by atoms with Gasteiger partial charge in [-0.3, -0.25) is 4.79 Å². The fraction of sp³-hybridized carbons (Fsp3) is 0.375. The molecule has 4 nitrogen and oxygen atoms in total. The first-order valence-electron chi connectivity index (χ1n) is 7.16. The predicted molar refractivity (Wildman–Crippen MR) is 75.9 cm³/mol. The third-order valence-corrected chi connectivity index (χ3v) is 4.66. The number of piperidine rings is 1. The van der Waals surface area contributed by atoms with Gasteiger partial charge in [0.2, 0.25) is 0 Å². The molecule has 0 amide bonds. The predicted octanol–water partition coefficient (Wildman–Crippen LogP) is 1.75.